The summed E-state index contributed by atoms with van der Waals surface area (Å²) in [6.45, 7) is 0.748. The quantitative estimate of drug-likeness (QED) is 0.470. The van der Waals surface area contributed by atoms with Crippen LogP contribution in [-0.2, 0) is 11.8 Å². The summed E-state index contributed by atoms with van der Waals surface area (Å²) in [5.74, 6) is -0.275. The number of hydrogen-bond acceptors (Lipinski definition) is 3. The van der Waals surface area contributed by atoms with Crippen molar-refractivity contribution in [1.29, 1.82) is 0 Å². The summed E-state index contributed by atoms with van der Waals surface area (Å²) in [7, 11) is 0. The first-order valence-corrected chi connectivity index (χ1v) is 7.61. The van der Waals surface area contributed by atoms with E-state index in [1.165, 1.54) is 18.2 Å². The molecule has 0 unspecified atom stereocenters. The van der Waals surface area contributed by atoms with Crippen LogP contribution in [0.25, 0.3) is 0 Å². The van der Waals surface area contributed by atoms with Crippen molar-refractivity contribution in [1.82, 2.24) is 0 Å². The molecular formula is C15H12BrFN2O2. The average Bonchev–Trinajstić information content (AvgIpc) is 2.89. The molecule has 0 bridgehead atoms. The lowest BCUT2D eigenvalue weighted by Gasteiger charge is -2.20. The molecule has 1 aliphatic heterocycles. The van der Waals surface area contributed by atoms with Gasteiger partial charge in [0, 0.05) is 34.9 Å². The molecule has 6 heteroatoms. The van der Waals surface area contributed by atoms with Crippen LogP contribution in [0.3, 0.4) is 0 Å². The molecule has 0 radical (unpaired) electrons. The number of benzene rings is 2. The minimum Gasteiger partial charge on any atom is -0.341 e. The molecule has 0 amide bonds. The number of nitro groups is 1. The first kappa shape index (κ1) is 14.0. The van der Waals surface area contributed by atoms with Crippen LogP contribution in [0.1, 0.15) is 11.1 Å². The summed E-state index contributed by atoms with van der Waals surface area (Å²) in [5, 5.41) is 11.4. The zero-order chi connectivity index (χ0) is 15.0. The highest BCUT2D eigenvalue weighted by Gasteiger charge is 2.23. The third-order valence-corrected chi connectivity index (χ3v) is 4.26. The van der Waals surface area contributed by atoms with Crippen molar-refractivity contribution in [3.63, 3.8) is 0 Å². The molecule has 0 aliphatic carbocycles. The Balaban J connectivity index is 2.03. The summed E-state index contributed by atoms with van der Waals surface area (Å²) in [6, 6.07) is 9.77. The predicted molar refractivity (Wildman–Crippen MR) is 82.8 cm³/mol. The SMILES string of the molecule is O=[N+]([O-])c1ccc(N2CCc3ccc(F)cc32)cc1CBr. The van der Waals surface area contributed by atoms with Crippen molar-refractivity contribution in [2.24, 2.45) is 0 Å². The zero-order valence-electron chi connectivity index (χ0n) is 11.1. The van der Waals surface area contributed by atoms with E-state index in [0.29, 0.717) is 10.9 Å². The molecule has 0 spiro atoms. The van der Waals surface area contributed by atoms with E-state index in [1.54, 1.807) is 18.2 Å². The van der Waals surface area contributed by atoms with Crippen LogP contribution < -0.4 is 4.90 Å². The molecule has 0 fully saturated rings. The highest BCUT2D eigenvalue weighted by molar-refractivity contribution is 9.08. The van der Waals surface area contributed by atoms with Gasteiger partial charge in [0.05, 0.1) is 4.92 Å². The van der Waals surface area contributed by atoms with E-state index in [0.717, 1.165) is 29.9 Å². The van der Waals surface area contributed by atoms with Gasteiger partial charge in [-0.25, -0.2) is 4.39 Å². The Morgan fingerprint density at radius 1 is 1.29 bits per heavy atom. The third kappa shape index (κ3) is 2.51. The number of hydrogen-bond donors (Lipinski definition) is 0. The molecule has 2 aromatic carbocycles. The normalized spacial score (nSPS) is 13.3. The van der Waals surface area contributed by atoms with Gasteiger partial charge in [-0.15, -0.1) is 0 Å². The number of alkyl halides is 1. The monoisotopic (exact) mass is 350 g/mol. The minimum atomic E-state index is -0.391. The molecule has 21 heavy (non-hydrogen) atoms. The van der Waals surface area contributed by atoms with Gasteiger partial charge in [0.15, 0.2) is 0 Å². The van der Waals surface area contributed by atoms with Gasteiger partial charge < -0.3 is 4.90 Å². The fraction of sp³-hybridized carbons (Fsp3) is 0.200. The number of rotatable bonds is 3. The number of nitro benzene ring substituents is 1. The highest BCUT2D eigenvalue weighted by Crippen LogP contribution is 2.37. The van der Waals surface area contributed by atoms with Crippen LogP contribution in [0.4, 0.5) is 21.5 Å². The molecule has 0 saturated carbocycles. The maximum Gasteiger partial charge on any atom is 0.273 e. The number of anilines is 2. The molecule has 1 aliphatic rings. The van der Waals surface area contributed by atoms with Gasteiger partial charge in [0.25, 0.3) is 5.69 Å². The lowest BCUT2D eigenvalue weighted by molar-refractivity contribution is -0.385. The average molecular weight is 351 g/mol. The maximum absolute atomic E-state index is 13.4. The number of halogens is 2. The highest BCUT2D eigenvalue weighted by atomic mass is 79.9. The van der Waals surface area contributed by atoms with Crippen molar-refractivity contribution in [3.05, 3.63) is 63.5 Å². The molecule has 3 rings (SSSR count). The maximum atomic E-state index is 13.4. The minimum absolute atomic E-state index is 0.0919. The molecule has 4 nitrogen and oxygen atoms in total. The van der Waals surface area contributed by atoms with E-state index >= 15 is 0 Å². The van der Waals surface area contributed by atoms with Crippen LogP contribution in [0.2, 0.25) is 0 Å². The topological polar surface area (TPSA) is 46.4 Å². The van der Waals surface area contributed by atoms with Crippen molar-refractivity contribution < 1.29 is 9.31 Å². The van der Waals surface area contributed by atoms with Gasteiger partial charge in [-0.1, -0.05) is 22.0 Å². The fourth-order valence-electron chi connectivity index (χ4n) is 2.65. The first-order valence-electron chi connectivity index (χ1n) is 6.49. The van der Waals surface area contributed by atoms with Crippen LogP contribution in [0.15, 0.2) is 36.4 Å². The summed E-state index contributed by atoms with van der Waals surface area (Å²) in [4.78, 5) is 12.6. The Labute approximate surface area is 129 Å². The molecule has 0 N–H and O–H groups in total. The van der Waals surface area contributed by atoms with Gasteiger partial charge in [-0.05, 0) is 36.2 Å². The molecule has 0 saturated heterocycles. The zero-order valence-corrected chi connectivity index (χ0v) is 12.6. The molecular weight excluding hydrogens is 339 g/mol. The molecule has 0 aromatic heterocycles. The van der Waals surface area contributed by atoms with Gasteiger partial charge in [0.1, 0.15) is 5.82 Å². The Kier molecular flexibility index (Phi) is 3.63. The van der Waals surface area contributed by atoms with E-state index in [1.807, 2.05) is 4.90 Å². The molecule has 1 heterocycles. The van der Waals surface area contributed by atoms with E-state index in [4.69, 9.17) is 0 Å². The fourth-order valence-corrected chi connectivity index (χ4v) is 3.09. The van der Waals surface area contributed by atoms with Crippen LogP contribution in [0, 0.1) is 15.9 Å². The third-order valence-electron chi connectivity index (χ3n) is 3.66. The smallest absolute Gasteiger partial charge is 0.273 e. The predicted octanol–water partition coefficient (Wildman–Crippen LogP) is 4.32. The van der Waals surface area contributed by atoms with E-state index in [2.05, 4.69) is 15.9 Å². The first-order chi connectivity index (χ1) is 10.1. The summed E-state index contributed by atoms with van der Waals surface area (Å²) < 4.78 is 13.4. The molecule has 108 valence electrons. The van der Waals surface area contributed by atoms with Gasteiger partial charge in [-0.2, -0.15) is 0 Å². The van der Waals surface area contributed by atoms with Crippen molar-refractivity contribution in [2.75, 3.05) is 11.4 Å². The summed E-state index contributed by atoms with van der Waals surface area (Å²) in [6.07, 6.45) is 0.843. The Morgan fingerprint density at radius 3 is 2.81 bits per heavy atom. The van der Waals surface area contributed by atoms with Crippen LogP contribution in [0.5, 0.6) is 0 Å². The van der Waals surface area contributed by atoms with Gasteiger partial charge in [-0.3, -0.25) is 10.1 Å². The second-order valence-corrected chi connectivity index (χ2v) is 5.44. The van der Waals surface area contributed by atoms with Gasteiger partial charge in [0.2, 0.25) is 0 Å². The van der Waals surface area contributed by atoms with Crippen LogP contribution >= 0.6 is 15.9 Å². The summed E-state index contributed by atoms with van der Waals surface area (Å²) in [5.41, 5.74) is 3.48. The summed E-state index contributed by atoms with van der Waals surface area (Å²) >= 11 is 3.28. The standard InChI is InChI=1S/C15H12BrFN2O2/c16-9-11-7-13(3-4-14(11)19(20)21)18-6-5-10-1-2-12(17)8-15(10)18/h1-4,7-8H,5-6,9H2. The molecule has 2 aromatic rings. The van der Waals surface area contributed by atoms with E-state index < -0.39 is 4.92 Å². The second kappa shape index (κ2) is 5.44. The number of nitrogens with zero attached hydrogens (tertiary/aromatic N) is 2. The Morgan fingerprint density at radius 2 is 2.10 bits per heavy atom. The van der Waals surface area contributed by atoms with Crippen molar-refractivity contribution in [2.45, 2.75) is 11.8 Å². The van der Waals surface area contributed by atoms with Crippen molar-refractivity contribution in [3.8, 4) is 0 Å². The van der Waals surface area contributed by atoms with E-state index in [-0.39, 0.29) is 11.5 Å². The van der Waals surface area contributed by atoms with E-state index in [9.17, 15) is 14.5 Å². The van der Waals surface area contributed by atoms with Crippen LogP contribution in [-0.4, -0.2) is 11.5 Å². The lowest BCUT2D eigenvalue weighted by atomic mass is 10.1. The molecule has 0 atom stereocenters. The Hall–Kier alpha value is -1.95. The van der Waals surface area contributed by atoms with Crippen molar-refractivity contribution >= 4 is 33.0 Å². The largest absolute Gasteiger partial charge is 0.341 e. The second-order valence-electron chi connectivity index (χ2n) is 4.88. The lowest BCUT2D eigenvalue weighted by Crippen LogP contribution is -2.13. The van der Waals surface area contributed by atoms with Gasteiger partial charge >= 0.3 is 0 Å². The number of fused-ring (bicyclic) bond motifs is 1. The Bertz CT molecular complexity index is 721.